The number of fused-ring (bicyclic) bond motifs is 1. The Morgan fingerprint density at radius 2 is 1.59 bits per heavy atom. The summed E-state index contributed by atoms with van der Waals surface area (Å²) in [5.41, 5.74) is 12.2. The van der Waals surface area contributed by atoms with E-state index < -0.39 is 0 Å². The molecular weight excluding hydrogens is 419 g/mol. The molecule has 0 radical (unpaired) electrons. The van der Waals surface area contributed by atoms with Crippen molar-refractivity contribution in [3.8, 4) is 22.4 Å². The number of nitrogens with two attached hydrogens (primary N) is 1. The number of carbonyl (C=O) groups is 1. The van der Waals surface area contributed by atoms with E-state index in [0.29, 0.717) is 21.0 Å². The number of hydrogen-bond acceptors (Lipinski definition) is 4. The first kappa shape index (κ1) is 20.1. The second-order valence-electron chi connectivity index (χ2n) is 7.65. The van der Waals surface area contributed by atoms with Gasteiger partial charge in [-0.05, 0) is 48.4 Å². The number of thiophene rings is 1. The molecule has 0 amide bonds. The largest absolute Gasteiger partial charge is 0.397 e. The van der Waals surface area contributed by atoms with Crippen LogP contribution in [-0.2, 0) is 0 Å². The van der Waals surface area contributed by atoms with Gasteiger partial charge in [-0.15, -0.1) is 11.3 Å². The highest BCUT2D eigenvalue weighted by molar-refractivity contribution is 7.21. The molecule has 2 N–H and O–H groups in total. The average molecular weight is 439 g/mol. The van der Waals surface area contributed by atoms with Crippen molar-refractivity contribution in [2.75, 3.05) is 5.73 Å². The van der Waals surface area contributed by atoms with Gasteiger partial charge in [0, 0.05) is 16.5 Å². The predicted molar refractivity (Wildman–Crippen MR) is 129 cm³/mol. The topological polar surface area (TPSA) is 56.0 Å². The fourth-order valence-electron chi connectivity index (χ4n) is 3.74. The summed E-state index contributed by atoms with van der Waals surface area (Å²) in [5.74, 6) is -0.622. The number of pyridine rings is 1. The number of ketones is 1. The summed E-state index contributed by atoms with van der Waals surface area (Å²) in [7, 11) is 0. The van der Waals surface area contributed by atoms with E-state index in [4.69, 9.17) is 10.7 Å². The Labute approximate surface area is 189 Å². The summed E-state index contributed by atoms with van der Waals surface area (Å²) in [5, 5.41) is 0.766. The minimum atomic E-state index is -0.387. The van der Waals surface area contributed by atoms with Gasteiger partial charge in [0.25, 0.3) is 0 Å². The van der Waals surface area contributed by atoms with Gasteiger partial charge in [-0.2, -0.15) is 0 Å². The van der Waals surface area contributed by atoms with Crippen LogP contribution in [0.3, 0.4) is 0 Å². The van der Waals surface area contributed by atoms with Gasteiger partial charge in [0.2, 0.25) is 5.78 Å². The molecule has 0 atom stereocenters. The van der Waals surface area contributed by atoms with Crippen LogP contribution in [0, 0.1) is 12.7 Å². The number of nitrogen functional groups attached to an aromatic ring is 1. The Bertz CT molecular complexity index is 1440. The molecule has 0 aliphatic carbocycles. The summed E-state index contributed by atoms with van der Waals surface area (Å²) >= 11 is 1.27. The van der Waals surface area contributed by atoms with Gasteiger partial charge < -0.3 is 5.73 Å². The minimum absolute atomic E-state index is 0.235. The molecule has 0 bridgehead atoms. The van der Waals surface area contributed by atoms with E-state index in [0.717, 1.165) is 27.8 Å². The van der Waals surface area contributed by atoms with Crippen LogP contribution in [0.25, 0.3) is 32.6 Å². The Balaban J connectivity index is 1.74. The molecule has 0 saturated heterocycles. The molecule has 3 aromatic carbocycles. The number of carbonyl (C=O) groups excluding carboxylic acids is 1. The SMILES string of the molecule is Cc1ccc(-c2cc(-c3ccccc3)c3c(N)c(C(=O)c4ccc(F)cc4)sc3n2)cc1. The molecule has 0 aliphatic rings. The molecule has 3 nitrogen and oxygen atoms in total. The third-order valence-corrected chi connectivity index (χ3v) is 6.54. The van der Waals surface area contributed by atoms with Crippen molar-refractivity contribution in [3.05, 3.63) is 107 Å². The number of aryl methyl sites for hydroxylation is 1. The summed E-state index contributed by atoms with van der Waals surface area (Å²) in [4.78, 5) is 19.1. The zero-order chi connectivity index (χ0) is 22.2. The highest BCUT2D eigenvalue weighted by Crippen LogP contribution is 2.42. The average Bonchev–Trinajstić information content (AvgIpc) is 3.16. The van der Waals surface area contributed by atoms with Crippen molar-refractivity contribution in [2.45, 2.75) is 6.92 Å². The maximum absolute atomic E-state index is 13.3. The van der Waals surface area contributed by atoms with Crippen LogP contribution in [0.15, 0.2) is 84.9 Å². The number of hydrogen-bond donors (Lipinski definition) is 1. The fourth-order valence-corrected chi connectivity index (χ4v) is 4.82. The van der Waals surface area contributed by atoms with Crippen molar-refractivity contribution in [1.29, 1.82) is 0 Å². The number of benzene rings is 3. The van der Waals surface area contributed by atoms with Gasteiger partial charge in [0.1, 0.15) is 15.5 Å². The molecule has 32 heavy (non-hydrogen) atoms. The van der Waals surface area contributed by atoms with E-state index in [1.165, 1.54) is 41.2 Å². The van der Waals surface area contributed by atoms with Gasteiger partial charge in [0.05, 0.1) is 11.4 Å². The lowest BCUT2D eigenvalue weighted by molar-refractivity contribution is 0.104. The van der Waals surface area contributed by atoms with Crippen LogP contribution in [0.2, 0.25) is 0 Å². The first-order valence-corrected chi connectivity index (χ1v) is 11.0. The third-order valence-electron chi connectivity index (χ3n) is 5.44. The standard InChI is InChI=1S/C27H19FN2OS/c1-16-7-9-18(10-8-16)22-15-21(17-5-3-2-4-6-17)23-24(29)26(32-27(23)30-22)25(31)19-11-13-20(28)14-12-19/h2-15H,29H2,1H3. The van der Waals surface area contributed by atoms with Crippen LogP contribution in [0.5, 0.6) is 0 Å². The monoisotopic (exact) mass is 438 g/mol. The number of nitrogens with zero attached hydrogens (tertiary/aromatic N) is 1. The lowest BCUT2D eigenvalue weighted by atomic mass is 9.98. The zero-order valence-corrected chi connectivity index (χ0v) is 18.1. The van der Waals surface area contributed by atoms with Crippen LogP contribution in [0.4, 0.5) is 10.1 Å². The normalized spacial score (nSPS) is 11.1. The van der Waals surface area contributed by atoms with Crippen LogP contribution in [-0.4, -0.2) is 10.8 Å². The minimum Gasteiger partial charge on any atom is -0.397 e. The fraction of sp³-hybridized carbons (Fsp3) is 0.0370. The highest BCUT2D eigenvalue weighted by Gasteiger charge is 2.22. The molecule has 0 unspecified atom stereocenters. The second-order valence-corrected chi connectivity index (χ2v) is 8.65. The van der Waals surface area contributed by atoms with Crippen molar-refractivity contribution in [3.63, 3.8) is 0 Å². The van der Waals surface area contributed by atoms with Crippen molar-refractivity contribution >= 4 is 33.0 Å². The molecule has 2 aromatic heterocycles. The molecule has 5 rings (SSSR count). The lowest BCUT2D eigenvalue weighted by Gasteiger charge is -2.09. The molecule has 2 heterocycles. The van der Waals surface area contributed by atoms with Crippen LogP contribution in [0.1, 0.15) is 20.8 Å². The van der Waals surface area contributed by atoms with E-state index in [1.54, 1.807) is 0 Å². The molecule has 5 aromatic rings. The molecule has 0 aliphatic heterocycles. The molecular formula is C27H19FN2OS. The zero-order valence-electron chi connectivity index (χ0n) is 17.3. The van der Waals surface area contributed by atoms with Gasteiger partial charge >= 0.3 is 0 Å². The van der Waals surface area contributed by atoms with Crippen molar-refractivity contribution in [2.24, 2.45) is 0 Å². The second kappa shape index (κ2) is 8.02. The predicted octanol–water partition coefficient (Wildman–Crippen LogP) is 6.89. The van der Waals surface area contributed by atoms with E-state index in [-0.39, 0.29) is 11.6 Å². The third kappa shape index (κ3) is 3.57. The molecule has 0 saturated carbocycles. The Morgan fingerprint density at radius 1 is 0.906 bits per heavy atom. The van der Waals surface area contributed by atoms with E-state index in [9.17, 15) is 9.18 Å². The maximum atomic E-state index is 13.3. The summed E-state index contributed by atoms with van der Waals surface area (Å²) in [6.07, 6.45) is 0. The van der Waals surface area contributed by atoms with Crippen molar-refractivity contribution in [1.82, 2.24) is 4.98 Å². The number of aromatic nitrogens is 1. The van der Waals surface area contributed by atoms with Gasteiger partial charge in [0.15, 0.2) is 0 Å². The molecule has 5 heteroatoms. The smallest absolute Gasteiger partial charge is 0.205 e. The summed E-state index contributed by atoms with van der Waals surface area (Å²) < 4.78 is 13.3. The van der Waals surface area contributed by atoms with E-state index in [2.05, 4.69) is 12.1 Å². The Kier molecular flexibility index (Phi) is 5.04. The summed E-state index contributed by atoms with van der Waals surface area (Å²) in [6.45, 7) is 2.04. The molecule has 0 spiro atoms. The van der Waals surface area contributed by atoms with Gasteiger partial charge in [-0.1, -0.05) is 60.2 Å². The van der Waals surface area contributed by atoms with Crippen LogP contribution >= 0.6 is 11.3 Å². The number of halogens is 1. The first-order chi connectivity index (χ1) is 15.5. The van der Waals surface area contributed by atoms with E-state index >= 15 is 0 Å². The quantitative estimate of drug-likeness (QED) is 0.311. The maximum Gasteiger partial charge on any atom is 0.205 e. The van der Waals surface area contributed by atoms with E-state index in [1.807, 2.05) is 55.5 Å². The molecule has 0 fully saturated rings. The summed E-state index contributed by atoms with van der Waals surface area (Å²) in [6, 6.07) is 25.7. The lowest BCUT2D eigenvalue weighted by Crippen LogP contribution is -2.02. The Hall–Kier alpha value is -3.83. The molecule has 156 valence electrons. The Morgan fingerprint density at radius 3 is 2.28 bits per heavy atom. The first-order valence-electron chi connectivity index (χ1n) is 10.2. The highest BCUT2D eigenvalue weighted by atomic mass is 32.1. The number of anilines is 1. The van der Waals surface area contributed by atoms with Crippen molar-refractivity contribution < 1.29 is 9.18 Å². The number of rotatable bonds is 4. The van der Waals surface area contributed by atoms with Crippen LogP contribution < -0.4 is 5.73 Å². The van der Waals surface area contributed by atoms with Gasteiger partial charge in [-0.25, -0.2) is 9.37 Å². The van der Waals surface area contributed by atoms with Gasteiger partial charge in [-0.3, -0.25) is 4.79 Å².